The first-order valence-electron chi connectivity index (χ1n) is 11.2. The third kappa shape index (κ3) is 5.03. The van der Waals surface area contributed by atoms with Crippen molar-refractivity contribution in [3.8, 4) is 22.6 Å². The van der Waals surface area contributed by atoms with E-state index in [2.05, 4.69) is 4.74 Å². The Morgan fingerprint density at radius 1 is 0.771 bits per heavy atom. The fourth-order valence-corrected chi connectivity index (χ4v) is 4.42. The van der Waals surface area contributed by atoms with Crippen LogP contribution in [0.5, 0.6) is 11.5 Å². The highest BCUT2D eigenvalue weighted by Crippen LogP contribution is 2.38. The number of hydrogen-bond acceptors (Lipinski definition) is 4. The predicted molar refractivity (Wildman–Crippen MR) is 122 cm³/mol. The summed E-state index contributed by atoms with van der Waals surface area (Å²) in [6.07, 6.45) is 3.22. The summed E-state index contributed by atoms with van der Waals surface area (Å²) in [7, 11) is 2.83. The van der Waals surface area contributed by atoms with Crippen LogP contribution in [0.1, 0.15) is 47.5 Å². The Kier molecular flexibility index (Phi) is 7.40. The number of carbonyl (C=O) groups excluding carboxylic acids is 1. The highest BCUT2D eigenvalue weighted by Gasteiger charge is 2.26. The van der Waals surface area contributed by atoms with E-state index in [4.69, 9.17) is 9.47 Å². The molecule has 3 aromatic carbocycles. The molecule has 0 heterocycles. The van der Waals surface area contributed by atoms with E-state index in [0.29, 0.717) is 11.1 Å². The highest BCUT2D eigenvalue weighted by atomic mass is 19.2. The lowest BCUT2D eigenvalue weighted by atomic mass is 9.82. The third-order valence-electron chi connectivity index (χ3n) is 6.42. The lowest BCUT2D eigenvalue weighted by Crippen LogP contribution is -2.20. The predicted octanol–water partition coefficient (Wildman–Crippen LogP) is 6.81. The van der Waals surface area contributed by atoms with Gasteiger partial charge in [-0.25, -0.2) is 18.0 Å². The topological polar surface area (TPSA) is 44.8 Å². The van der Waals surface area contributed by atoms with Crippen molar-refractivity contribution in [1.29, 1.82) is 0 Å². The first kappa shape index (κ1) is 24.7. The molecule has 0 radical (unpaired) electrons. The van der Waals surface area contributed by atoms with Crippen LogP contribution in [0.2, 0.25) is 0 Å². The summed E-state index contributed by atoms with van der Waals surface area (Å²) in [4.78, 5) is 12.3. The zero-order chi connectivity index (χ0) is 25.1. The van der Waals surface area contributed by atoms with Crippen LogP contribution in [0, 0.1) is 23.3 Å². The number of benzene rings is 3. The van der Waals surface area contributed by atoms with Crippen LogP contribution in [0.3, 0.4) is 0 Å². The zero-order valence-corrected chi connectivity index (χ0v) is 19.2. The van der Waals surface area contributed by atoms with Gasteiger partial charge in [0.05, 0.1) is 18.8 Å². The van der Waals surface area contributed by atoms with Crippen LogP contribution in [-0.4, -0.2) is 26.3 Å². The van der Waals surface area contributed by atoms with Gasteiger partial charge in [0.15, 0.2) is 23.2 Å². The van der Waals surface area contributed by atoms with Crippen LogP contribution < -0.4 is 9.47 Å². The molecule has 3 aromatic rings. The average molecular weight is 488 g/mol. The molecule has 0 aromatic heterocycles. The van der Waals surface area contributed by atoms with Crippen molar-refractivity contribution in [2.24, 2.45) is 0 Å². The molecule has 1 aliphatic rings. The average Bonchev–Trinajstić information content (AvgIpc) is 2.88. The minimum atomic E-state index is -1.39. The van der Waals surface area contributed by atoms with Gasteiger partial charge in [-0.05, 0) is 67.0 Å². The maximum Gasteiger partial charge on any atom is 0.346 e. The number of carbonyl (C=O) groups is 1. The summed E-state index contributed by atoms with van der Waals surface area (Å²) in [5, 5.41) is 0. The van der Waals surface area contributed by atoms with Gasteiger partial charge in [-0.3, -0.25) is 0 Å². The molecule has 8 heteroatoms. The van der Waals surface area contributed by atoms with E-state index in [9.17, 15) is 22.4 Å². The minimum absolute atomic E-state index is 0.0294. The first-order valence-corrected chi connectivity index (χ1v) is 11.2. The molecule has 4 nitrogen and oxygen atoms in total. The van der Waals surface area contributed by atoms with Gasteiger partial charge in [-0.15, -0.1) is 0 Å². The van der Waals surface area contributed by atoms with Crippen molar-refractivity contribution in [2.75, 3.05) is 14.2 Å². The van der Waals surface area contributed by atoms with Crippen molar-refractivity contribution >= 4 is 5.97 Å². The first-order chi connectivity index (χ1) is 16.8. The molecule has 1 saturated carbocycles. The Morgan fingerprint density at radius 2 is 1.46 bits per heavy atom. The number of hydrogen-bond donors (Lipinski definition) is 0. The smallest absolute Gasteiger partial charge is 0.346 e. The maximum atomic E-state index is 14.9. The third-order valence-corrected chi connectivity index (χ3v) is 6.42. The molecule has 0 spiro atoms. The van der Waals surface area contributed by atoms with Crippen molar-refractivity contribution < 1.29 is 36.6 Å². The summed E-state index contributed by atoms with van der Waals surface area (Å²) >= 11 is 0. The van der Waals surface area contributed by atoms with Crippen LogP contribution in [0.25, 0.3) is 11.1 Å². The number of ether oxygens (including phenoxy) is 3. The molecule has 0 bridgehead atoms. The normalized spacial score (nSPS) is 17.8. The van der Waals surface area contributed by atoms with E-state index in [1.807, 2.05) is 0 Å². The second-order valence-electron chi connectivity index (χ2n) is 8.40. The van der Waals surface area contributed by atoms with E-state index in [0.717, 1.165) is 37.8 Å². The molecule has 184 valence electrons. The second kappa shape index (κ2) is 10.5. The lowest BCUT2D eigenvalue weighted by molar-refractivity contribution is 0.0655. The Bertz CT molecular complexity index is 1220. The summed E-state index contributed by atoms with van der Waals surface area (Å²) in [5.41, 5.74) is 0.200. The molecular formula is C27H24F4O4. The van der Waals surface area contributed by atoms with Gasteiger partial charge in [0.25, 0.3) is 0 Å². The van der Waals surface area contributed by atoms with Crippen molar-refractivity contribution in [1.82, 2.24) is 0 Å². The zero-order valence-electron chi connectivity index (χ0n) is 19.2. The molecule has 1 aliphatic carbocycles. The van der Waals surface area contributed by atoms with Crippen molar-refractivity contribution in [3.63, 3.8) is 0 Å². The molecule has 35 heavy (non-hydrogen) atoms. The van der Waals surface area contributed by atoms with Gasteiger partial charge < -0.3 is 14.2 Å². The van der Waals surface area contributed by atoms with E-state index in [1.54, 1.807) is 13.2 Å². The van der Waals surface area contributed by atoms with E-state index in [-0.39, 0.29) is 29.1 Å². The van der Waals surface area contributed by atoms with Crippen LogP contribution in [0.15, 0.2) is 48.5 Å². The monoisotopic (exact) mass is 488 g/mol. The molecule has 4 rings (SSSR count). The second-order valence-corrected chi connectivity index (χ2v) is 8.40. The molecule has 0 saturated heterocycles. The van der Waals surface area contributed by atoms with Crippen molar-refractivity contribution in [2.45, 2.75) is 37.7 Å². The molecule has 0 unspecified atom stereocenters. The van der Waals surface area contributed by atoms with Gasteiger partial charge in [0, 0.05) is 12.7 Å². The van der Waals surface area contributed by atoms with Gasteiger partial charge in [-0.1, -0.05) is 24.3 Å². The highest BCUT2D eigenvalue weighted by molar-refractivity contribution is 5.91. The van der Waals surface area contributed by atoms with E-state index >= 15 is 0 Å². The summed E-state index contributed by atoms with van der Waals surface area (Å²) in [5.74, 6) is -5.98. The molecule has 0 amide bonds. The Balaban J connectivity index is 1.49. The summed E-state index contributed by atoms with van der Waals surface area (Å²) in [6.45, 7) is 0. The molecule has 0 N–H and O–H groups in total. The number of methoxy groups -OCH3 is 2. The van der Waals surface area contributed by atoms with Gasteiger partial charge in [-0.2, -0.15) is 4.39 Å². The Morgan fingerprint density at radius 3 is 2.09 bits per heavy atom. The largest absolute Gasteiger partial charge is 0.494 e. The van der Waals surface area contributed by atoms with Gasteiger partial charge in [0.1, 0.15) is 5.75 Å². The number of halogens is 4. The standard InChI is InChI=1S/C27H24F4O4/c1-33-17-7-3-15(4-8-17)19-11-12-20(24(29)23(19)28)16-5-9-18(10-6-16)35-27(32)21-13-14-22(34-2)26(31)25(21)30/h5-6,9-15,17H,3-4,7-8H2,1-2H3. The number of esters is 1. The lowest BCUT2D eigenvalue weighted by Gasteiger charge is -2.28. The van der Waals surface area contributed by atoms with E-state index < -0.39 is 34.8 Å². The quantitative estimate of drug-likeness (QED) is 0.217. The van der Waals surface area contributed by atoms with Gasteiger partial charge in [0.2, 0.25) is 5.82 Å². The molecular weight excluding hydrogens is 464 g/mol. The fourth-order valence-electron chi connectivity index (χ4n) is 4.42. The van der Waals surface area contributed by atoms with Crippen LogP contribution in [-0.2, 0) is 4.74 Å². The Hall–Kier alpha value is -3.39. The SMILES string of the molecule is COc1ccc(C(=O)Oc2ccc(-c3ccc(C4CCC(OC)CC4)c(F)c3F)cc2)c(F)c1F. The summed E-state index contributed by atoms with van der Waals surface area (Å²) < 4.78 is 73.0. The van der Waals surface area contributed by atoms with Gasteiger partial charge >= 0.3 is 5.97 Å². The minimum Gasteiger partial charge on any atom is -0.494 e. The maximum absolute atomic E-state index is 14.9. The van der Waals surface area contributed by atoms with E-state index in [1.165, 1.54) is 37.4 Å². The van der Waals surface area contributed by atoms with Crippen LogP contribution in [0.4, 0.5) is 17.6 Å². The van der Waals surface area contributed by atoms with Crippen LogP contribution >= 0.6 is 0 Å². The molecule has 0 aliphatic heterocycles. The Labute approximate surface area is 200 Å². The molecule has 1 fully saturated rings. The van der Waals surface area contributed by atoms with Crippen molar-refractivity contribution in [3.05, 3.63) is 82.9 Å². The molecule has 0 atom stereocenters. The fraction of sp³-hybridized carbons (Fsp3) is 0.296. The summed E-state index contributed by atoms with van der Waals surface area (Å²) in [6, 6.07) is 10.9. The number of rotatable bonds is 6.